The second kappa shape index (κ2) is 3.31. The lowest BCUT2D eigenvalue weighted by atomic mass is 9.85. The quantitative estimate of drug-likeness (QED) is 0.694. The average molecular weight is 166 g/mol. The fourth-order valence-corrected chi connectivity index (χ4v) is 1.95. The molecular formula is C10H14O2. The Morgan fingerprint density at radius 1 is 1.33 bits per heavy atom. The SMILES string of the molecule is OC1CCCCC1c1ccco1. The van der Waals surface area contributed by atoms with E-state index in [0.29, 0.717) is 0 Å². The third-order valence-electron chi connectivity index (χ3n) is 2.64. The minimum absolute atomic E-state index is 0.190. The molecule has 0 aliphatic heterocycles. The number of aliphatic hydroxyl groups excluding tert-OH is 1. The summed E-state index contributed by atoms with van der Waals surface area (Å²) in [6.07, 6.45) is 5.84. The average Bonchev–Trinajstić information content (AvgIpc) is 2.57. The van der Waals surface area contributed by atoms with Gasteiger partial charge < -0.3 is 9.52 Å². The Morgan fingerprint density at radius 3 is 2.83 bits per heavy atom. The summed E-state index contributed by atoms with van der Waals surface area (Å²) in [6, 6.07) is 3.84. The van der Waals surface area contributed by atoms with Gasteiger partial charge in [-0.2, -0.15) is 0 Å². The Balaban J connectivity index is 2.11. The molecule has 0 radical (unpaired) electrons. The fraction of sp³-hybridized carbons (Fsp3) is 0.600. The zero-order valence-electron chi connectivity index (χ0n) is 7.07. The molecule has 0 amide bonds. The molecule has 0 saturated heterocycles. The highest BCUT2D eigenvalue weighted by molar-refractivity contribution is 5.08. The maximum atomic E-state index is 9.68. The molecule has 2 unspecified atom stereocenters. The van der Waals surface area contributed by atoms with Gasteiger partial charge in [-0.1, -0.05) is 12.8 Å². The van der Waals surface area contributed by atoms with E-state index in [4.69, 9.17) is 4.42 Å². The van der Waals surface area contributed by atoms with Gasteiger partial charge in [0.15, 0.2) is 0 Å². The molecule has 1 fully saturated rings. The van der Waals surface area contributed by atoms with Crippen LogP contribution in [0.2, 0.25) is 0 Å². The zero-order valence-corrected chi connectivity index (χ0v) is 7.07. The summed E-state index contributed by atoms with van der Waals surface area (Å²) in [5.41, 5.74) is 0. The summed E-state index contributed by atoms with van der Waals surface area (Å²) in [5.74, 6) is 1.19. The molecule has 2 heteroatoms. The minimum Gasteiger partial charge on any atom is -0.469 e. The van der Waals surface area contributed by atoms with Gasteiger partial charge in [-0.05, 0) is 25.0 Å². The van der Waals surface area contributed by atoms with Crippen LogP contribution >= 0.6 is 0 Å². The molecule has 2 nitrogen and oxygen atoms in total. The van der Waals surface area contributed by atoms with Crippen LogP contribution in [0.5, 0.6) is 0 Å². The molecule has 12 heavy (non-hydrogen) atoms. The van der Waals surface area contributed by atoms with E-state index in [1.807, 2.05) is 12.1 Å². The van der Waals surface area contributed by atoms with Crippen molar-refractivity contribution in [1.29, 1.82) is 0 Å². The van der Waals surface area contributed by atoms with Crippen LogP contribution in [0.15, 0.2) is 22.8 Å². The molecule has 1 aromatic rings. The Labute approximate surface area is 72.2 Å². The lowest BCUT2D eigenvalue weighted by Crippen LogP contribution is -2.21. The smallest absolute Gasteiger partial charge is 0.109 e. The monoisotopic (exact) mass is 166 g/mol. The van der Waals surface area contributed by atoms with Crippen molar-refractivity contribution in [3.63, 3.8) is 0 Å². The van der Waals surface area contributed by atoms with Crippen LogP contribution in [-0.4, -0.2) is 11.2 Å². The number of hydrogen-bond acceptors (Lipinski definition) is 2. The number of aliphatic hydroxyl groups is 1. The molecule has 66 valence electrons. The molecule has 1 heterocycles. The Bertz CT molecular complexity index is 228. The second-order valence-electron chi connectivity index (χ2n) is 3.47. The maximum Gasteiger partial charge on any atom is 0.109 e. The van der Waals surface area contributed by atoms with Crippen molar-refractivity contribution in [3.05, 3.63) is 24.2 Å². The number of furan rings is 1. The zero-order chi connectivity index (χ0) is 8.39. The van der Waals surface area contributed by atoms with Crippen molar-refractivity contribution in [2.45, 2.75) is 37.7 Å². The molecule has 1 N–H and O–H groups in total. The largest absolute Gasteiger partial charge is 0.469 e. The van der Waals surface area contributed by atoms with Gasteiger partial charge in [0.05, 0.1) is 12.4 Å². The molecule has 0 spiro atoms. The molecule has 0 aromatic carbocycles. The van der Waals surface area contributed by atoms with Gasteiger partial charge >= 0.3 is 0 Å². The fourth-order valence-electron chi connectivity index (χ4n) is 1.95. The maximum absolute atomic E-state index is 9.68. The van der Waals surface area contributed by atoms with Gasteiger partial charge in [0.2, 0.25) is 0 Å². The summed E-state index contributed by atoms with van der Waals surface area (Å²) in [6.45, 7) is 0. The number of rotatable bonds is 1. The van der Waals surface area contributed by atoms with Gasteiger partial charge in [-0.15, -0.1) is 0 Å². The van der Waals surface area contributed by atoms with E-state index in [2.05, 4.69) is 0 Å². The highest BCUT2D eigenvalue weighted by Crippen LogP contribution is 2.32. The Kier molecular flexibility index (Phi) is 2.17. The highest BCUT2D eigenvalue weighted by Gasteiger charge is 2.26. The van der Waals surface area contributed by atoms with Gasteiger partial charge in [-0.3, -0.25) is 0 Å². The van der Waals surface area contributed by atoms with Gasteiger partial charge in [-0.25, -0.2) is 0 Å². The van der Waals surface area contributed by atoms with Crippen molar-refractivity contribution >= 4 is 0 Å². The van der Waals surface area contributed by atoms with E-state index < -0.39 is 0 Å². The van der Waals surface area contributed by atoms with E-state index >= 15 is 0 Å². The minimum atomic E-state index is -0.190. The van der Waals surface area contributed by atoms with Crippen molar-refractivity contribution < 1.29 is 9.52 Å². The second-order valence-corrected chi connectivity index (χ2v) is 3.47. The molecule has 1 aliphatic carbocycles. The Hall–Kier alpha value is -0.760. The van der Waals surface area contributed by atoms with Crippen LogP contribution in [0.3, 0.4) is 0 Å². The van der Waals surface area contributed by atoms with Crippen LogP contribution in [0.1, 0.15) is 37.4 Å². The third kappa shape index (κ3) is 1.39. The molecule has 2 atom stereocenters. The predicted molar refractivity (Wildman–Crippen MR) is 45.9 cm³/mol. The molecule has 1 aromatic heterocycles. The van der Waals surface area contributed by atoms with E-state index in [1.165, 1.54) is 6.42 Å². The highest BCUT2D eigenvalue weighted by atomic mass is 16.3. The van der Waals surface area contributed by atoms with Crippen LogP contribution < -0.4 is 0 Å². The summed E-state index contributed by atoms with van der Waals surface area (Å²) in [4.78, 5) is 0. The van der Waals surface area contributed by atoms with Crippen LogP contribution in [-0.2, 0) is 0 Å². The molecule has 2 rings (SSSR count). The normalized spacial score (nSPS) is 30.4. The topological polar surface area (TPSA) is 33.4 Å². The lowest BCUT2D eigenvalue weighted by Gasteiger charge is -2.25. The summed E-state index contributed by atoms with van der Waals surface area (Å²) in [5, 5.41) is 9.68. The van der Waals surface area contributed by atoms with E-state index in [0.717, 1.165) is 25.0 Å². The van der Waals surface area contributed by atoms with Crippen LogP contribution in [0.4, 0.5) is 0 Å². The molecule has 1 aliphatic rings. The first-order valence-electron chi connectivity index (χ1n) is 4.59. The van der Waals surface area contributed by atoms with Crippen molar-refractivity contribution in [3.8, 4) is 0 Å². The van der Waals surface area contributed by atoms with Gasteiger partial charge in [0.25, 0.3) is 0 Å². The molecule has 0 bridgehead atoms. The van der Waals surface area contributed by atoms with Gasteiger partial charge in [0.1, 0.15) is 5.76 Å². The van der Waals surface area contributed by atoms with E-state index in [-0.39, 0.29) is 12.0 Å². The predicted octanol–water partition coefficient (Wildman–Crippen LogP) is 2.30. The van der Waals surface area contributed by atoms with E-state index in [1.54, 1.807) is 6.26 Å². The van der Waals surface area contributed by atoms with Gasteiger partial charge in [0, 0.05) is 5.92 Å². The van der Waals surface area contributed by atoms with Crippen molar-refractivity contribution in [2.75, 3.05) is 0 Å². The van der Waals surface area contributed by atoms with E-state index in [9.17, 15) is 5.11 Å². The first kappa shape index (κ1) is 7.87. The number of hydrogen-bond donors (Lipinski definition) is 1. The summed E-state index contributed by atoms with van der Waals surface area (Å²) in [7, 11) is 0. The van der Waals surface area contributed by atoms with Crippen LogP contribution in [0, 0.1) is 0 Å². The van der Waals surface area contributed by atoms with Crippen molar-refractivity contribution in [1.82, 2.24) is 0 Å². The summed E-state index contributed by atoms with van der Waals surface area (Å²) < 4.78 is 5.28. The first-order valence-corrected chi connectivity index (χ1v) is 4.59. The molecule has 1 saturated carbocycles. The standard InChI is InChI=1S/C10H14O2/c11-9-5-2-1-4-8(9)10-6-3-7-12-10/h3,6-9,11H,1-2,4-5H2. The van der Waals surface area contributed by atoms with Crippen molar-refractivity contribution in [2.24, 2.45) is 0 Å². The Morgan fingerprint density at radius 2 is 2.17 bits per heavy atom. The van der Waals surface area contributed by atoms with Crippen LogP contribution in [0.25, 0.3) is 0 Å². The first-order chi connectivity index (χ1) is 5.88. The third-order valence-corrected chi connectivity index (χ3v) is 2.64. The summed E-state index contributed by atoms with van der Waals surface area (Å²) >= 11 is 0. The molecular weight excluding hydrogens is 152 g/mol. The lowest BCUT2D eigenvalue weighted by molar-refractivity contribution is 0.0965.